The van der Waals surface area contributed by atoms with Crippen molar-refractivity contribution in [3.05, 3.63) is 59.0 Å². The molecule has 1 saturated carbocycles. The van der Waals surface area contributed by atoms with Gasteiger partial charge >= 0.3 is 6.18 Å². The van der Waals surface area contributed by atoms with Gasteiger partial charge in [0.2, 0.25) is 0 Å². The van der Waals surface area contributed by atoms with E-state index in [1.54, 1.807) is 41.0 Å². The molecule has 1 aliphatic carbocycles. The quantitative estimate of drug-likeness (QED) is 0.248. The number of benzene rings is 1. The van der Waals surface area contributed by atoms with E-state index in [-0.39, 0.29) is 30.0 Å². The van der Waals surface area contributed by atoms with E-state index in [1.165, 1.54) is 17.4 Å². The Morgan fingerprint density at radius 2 is 1.89 bits per heavy atom. The summed E-state index contributed by atoms with van der Waals surface area (Å²) in [6, 6.07) is 6.33. The zero-order valence-electron chi connectivity index (χ0n) is 25.2. The molecule has 1 aliphatic heterocycles. The lowest BCUT2D eigenvalue weighted by molar-refractivity contribution is -0.138. The van der Waals surface area contributed by atoms with E-state index >= 15 is 0 Å². The van der Waals surface area contributed by atoms with E-state index in [0.717, 1.165) is 19.4 Å². The third-order valence-electron chi connectivity index (χ3n) is 8.34. The molecule has 1 fully saturated rings. The summed E-state index contributed by atoms with van der Waals surface area (Å²) in [6.07, 6.45) is 2.14. The van der Waals surface area contributed by atoms with Crippen LogP contribution in [-0.4, -0.2) is 48.5 Å². The number of fused-ring (bicyclic) bond motifs is 1. The highest BCUT2D eigenvalue weighted by Crippen LogP contribution is 2.41. The number of amides is 1. The minimum absolute atomic E-state index is 0.0329. The van der Waals surface area contributed by atoms with E-state index in [4.69, 9.17) is 4.98 Å². The average Bonchev–Trinajstić information content (AvgIpc) is 3.64. The Labute approximate surface area is 253 Å². The van der Waals surface area contributed by atoms with Crippen LogP contribution in [0.25, 0.3) is 22.6 Å². The fourth-order valence-corrected chi connectivity index (χ4v) is 5.79. The molecule has 0 radical (unpaired) electrons. The summed E-state index contributed by atoms with van der Waals surface area (Å²) in [5, 5.41) is 19.3. The zero-order valence-corrected chi connectivity index (χ0v) is 25.2. The van der Waals surface area contributed by atoms with Crippen LogP contribution >= 0.6 is 0 Å². The monoisotopic (exact) mass is 607 g/mol. The van der Waals surface area contributed by atoms with Gasteiger partial charge in [-0.3, -0.25) is 14.4 Å². The predicted molar refractivity (Wildman–Crippen MR) is 161 cm³/mol. The second-order valence-electron chi connectivity index (χ2n) is 12.2. The van der Waals surface area contributed by atoms with Crippen molar-refractivity contribution in [2.24, 2.45) is 25.9 Å². The molecule has 6 rings (SSSR count). The maximum absolute atomic E-state index is 14.3. The Balaban J connectivity index is 1.39. The number of hydrogen-bond donors (Lipinski definition) is 2. The number of carbonyl (C=O) groups is 1. The summed E-state index contributed by atoms with van der Waals surface area (Å²) in [6.45, 7) is 5.52. The normalized spacial score (nSPS) is 15.3. The molecule has 44 heavy (non-hydrogen) atoms. The maximum atomic E-state index is 14.3. The van der Waals surface area contributed by atoms with Gasteiger partial charge in [0.25, 0.3) is 5.91 Å². The molecule has 3 aromatic heterocycles. The SMILES string of the molecule is CC(C)CNc1cc(-c2c(-c3nncn3C)cnn2C)cc(N2Cc3c(cc(CNCC4CCC4)cc3C(F)(F)F)C2=O)n1. The number of rotatable bonds is 10. The molecule has 2 aliphatic rings. The molecule has 0 atom stereocenters. The Hall–Kier alpha value is -4.26. The summed E-state index contributed by atoms with van der Waals surface area (Å²) < 4.78 is 46.5. The van der Waals surface area contributed by atoms with Gasteiger partial charge in [-0.15, -0.1) is 10.2 Å². The van der Waals surface area contributed by atoms with Gasteiger partial charge in [-0.05, 0) is 66.6 Å². The largest absolute Gasteiger partial charge is 0.416 e. The fourth-order valence-electron chi connectivity index (χ4n) is 5.79. The third-order valence-corrected chi connectivity index (χ3v) is 8.34. The molecule has 1 amide bonds. The van der Waals surface area contributed by atoms with Gasteiger partial charge in [0.1, 0.15) is 18.0 Å². The van der Waals surface area contributed by atoms with Gasteiger partial charge in [0.05, 0.1) is 29.6 Å². The minimum Gasteiger partial charge on any atom is -0.370 e. The molecule has 1 aromatic carbocycles. The molecule has 2 N–H and O–H groups in total. The average molecular weight is 608 g/mol. The number of alkyl halides is 3. The smallest absolute Gasteiger partial charge is 0.370 e. The van der Waals surface area contributed by atoms with Gasteiger partial charge in [-0.25, -0.2) is 4.98 Å². The van der Waals surface area contributed by atoms with Crippen LogP contribution in [0.2, 0.25) is 0 Å². The lowest BCUT2D eigenvalue weighted by atomic mass is 9.85. The first-order valence-electron chi connectivity index (χ1n) is 14.9. The molecule has 10 nitrogen and oxygen atoms in total. The van der Waals surface area contributed by atoms with Crippen molar-refractivity contribution in [2.45, 2.75) is 52.4 Å². The van der Waals surface area contributed by atoms with Crippen molar-refractivity contribution >= 4 is 17.5 Å². The van der Waals surface area contributed by atoms with Crippen LogP contribution in [0.1, 0.15) is 60.2 Å². The summed E-state index contributed by atoms with van der Waals surface area (Å²) in [5.41, 5.74) is 1.79. The van der Waals surface area contributed by atoms with Gasteiger partial charge in [-0.1, -0.05) is 20.3 Å². The number of aromatic nitrogens is 6. The summed E-state index contributed by atoms with van der Waals surface area (Å²) in [5.74, 6) is 1.70. The van der Waals surface area contributed by atoms with Crippen LogP contribution in [-0.2, 0) is 33.4 Å². The van der Waals surface area contributed by atoms with Gasteiger partial charge < -0.3 is 15.2 Å². The van der Waals surface area contributed by atoms with Crippen molar-refractivity contribution in [3.8, 4) is 22.6 Å². The number of anilines is 2. The van der Waals surface area contributed by atoms with Gasteiger partial charge in [-0.2, -0.15) is 18.3 Å². The first kappa shape index (κ1) is 29.8. The van der Waals surface area contributed by atoms with Crippen molar-refractivity contribution < 1.29 is 18.0 Å². The number of nitrogens with zero attached hydrogens (tertiary/aromatic N) is 7. The Morgan fingerprint density at radius 3 is 2.55 bits per heavy atom. The first-order chi connectivity index (χ1) is 21.0. The highest BCUT2D eigenvalue weighted by molar-refractivity contribution is 6.10. The molecule has 13 heteroatoms. The standard InChI is InChI=1S/C31H36F3N9O/c1-18(2)12-36-26-10-21(28-23(15-38-42(28)4)29-40-37-17-41(29)3)11-27(39-26)43-16-24-22(30(43)44)8-20(9-25(24)31(32,33)34)14-35-13-19-6-5-7-19/h8-11,15,17-19,35H,5-7,12-14,16H2,1-4H3,(H,36,39). The van der Waals surface area contributed by atoms with Crippen molar-refractivity contribution in [3.63, 3.8) is 0 Å². The van der Waals surface area contributed by atoms with E-state index in [1.807, 2.05) is 13.1 Å². The Kier molecular flexibility index (Phi) is 7.91. The fraction of sp³-hybridized carbons (Fsp3) is 0.452. The highest BCUT2D eigenvalue weighted by atomic mass is 19.4. The summed E-state index contributed by atoms with van der Waals surface area (Å²) >= 11 is 0. The van der Waals surface area contributed by atoms with Crippen LogP contribution in [0, 0.1) is 11.8 Å². The van der Waals surface area contributed by atoms with E-state index < -0.39 is 17.6 Å². The summed E-state index contributed by atoms with van der Waals surface area (Å²) in [7, 11) is 3.62. The molecule has 4 heterocycles. The second kappa shape index (κ2) is 11.7. The minimum atomic E-state index is -4.61. The molecule has 4 aromatic rings. The van der Waals surface area contributed by atoms with Crippen molar-refractivity contribution in [1.29, 1.82) is 0 Å². The molecular weight excluding hydrogens is 571 g/mol. The van der Waals surface area contributed by atoms with E-state index in [9.17, 15) is 18.0 Å². The van der Waals surface area contributed by atoms with Crippen LogP contribution < -0.4 is 15.5 Å². The molecule has 0 spiro atoms. The van der Waals surface area contributed by atoms with Gasteiger partial charge in [0, 0.05) is 38.3 Å². The molecule has 232 valence electrons. The lowest BCUT2D eigenvalue weighted by Crippen LogP contribution is -2.27. The van der Waals surface area contributed by atoms with E-state index in [0.29, 0.717) is 52.4 Å². The number of carbonyl (C=O) groups excluding carboxylic acids is 1. The first-order valence-corrected chi connectivity index (χ1v) is 14.9. The van der Waals surface area contributed by atoms with Gasteiger partial charge in [0.15, 0.2) is 5.82 Å². The van der Waals surface area contributed by atoms with Crippen molar-refractivity contribution in [2.75, 3.05) is 23.3 Å². The van der Waals surface area contributed by atoms with Crippen LogP contribution in [0.3, 0.4) is 0 Å². The molecule has 0 bridgehead atoms. The number of aryl methyl sites for hydroxylation is 2. The Morgan fingerprint density at radius 1 is 1.09 bits per heavy atom. The lowest BCUT2D eigenvalue weighted by Gasteiger charge is -2.25. The summed E-state index contributed by atoms with van der Waals surface area (Å²) in [4.78, 5) is 19.9. The van der Waals surface area contributed by atoms with Crippen LogP contribution in [0.5, 0.6) is 0 Å². The number of nitrogens with one attached hydrogen (secondary N) is 2. The Bertz CT molecular complexity index is 1690. The molecule has 0 unspecified atom stereocenters. The molecule has 0 saturated heterocycles. The predicted octanol–water partition coefficient (Wildman–Crippen LogP) is 5.41. The zero-order chi connectivity index (χ0) is 31.2. The van der Waals surface area contributed by atoms with Crippen LogP contribution in [0.15, 0.2) is 36.8 Å². The second-order valence-corrected chi connectivity index (χ2v) is 12.2. The molecular formula is C31H36F3N9O. The number of halogens is 3. The van der Waals surface area contributed by atoms with Crippen LogP contribution in [0.4, 0.5) is 24.8 Å². The maximum Gasteiger partial charge on any atom is 0.416 e. The topological polar surface area (TPSA) is 106 Å². The van der Waals surface area contributed by atoms with Crippen molar-refractivity contribution in [1.82, 2.24) is 34.8 Å². The van der Waals surface area contributed by atoms with E-state index in [2.05, 4.69) is 39.8 Å². The highest BCUT2D eigenvalue weighted by Gasteiger charge is 2.41. The number of pyridine rings is 1. The third kappa shape index (κ3) is 5.80. The number of hydrogen-bond acceptors (Lipinski definition) is 7.